The third kappa shape index (κ3) is 4.21. The number of carbonyl (C=O) groups is 1. The number of anilines is 1. The average Bonchev–Trinajstić information content (AvgIpc) is 2.64. The summed E-state index contributed by atoms with van der Waals surface area (Å²) in [6.07, 6.45) is 0. The van der Waals surface area contributed by atoms with E-state index in [4.69, 9.17) is 4.74 Å². The molecule has 3 rings (SSSR count). The van der Waals surface area contributed by atoms with E-state index in [0.717, 1.165) is 11.1 Å². The third-order valence-corrected chi connectivity index (χ3v) is 6.78. The largest absolute Gasteiger partial charge is 0.378 e. The monoisotopic (exact) mass is 388 g/mol. The summed E-state index contributed by atoms with van der Waals surface area (Å²) in [6, 6.07) is 11.6. The summed E-state index contributed by atoms with van der Waals surface area (Å²) in [7, 11) is -3.64. The first kappa shape index (κ1) is 19.5. The number of sulfonamides is 1. The molecule has 1 saturated heterocycles. The normalized spacial score (nSPS) is 18.3. The molecule has 0 spiro atoms. The van der Waals surface area contributed by atoms with E-state index >= 15 is 0 Å². The van der Waals surface area contributed by atoms with Gasteiger partial charge in [-0.25, -0.2) is 8.42 Å². The number of ether oxygens (including phenoxy) is 1. The Hall–Kier alpha value is -2.22. The number of nitrogens with zero attached hydrogens (tertiary/aromatic N) is 1. The lowest BCUT2D eigenvalue weighted by Gasteiger charge is -2.32. The summed E-state index contributed by atoms with van der Waals surface area (Å²) >= 11 is 0. The minimum absolute atomic E-state index is 0.161. The predicted molar refractivity (Wildman–Crippen MR) is 104 cm³/mol. The second-order valence-corrected chi connectivity index (χ2v) is 8.71. The van der Waals surface area contributed by atoms with E-state index < -0.39 is 10.0 Å². The van der Waals surface area contributed by atoms with Crippen molar-refractivity contribution in [2.24, 2.45) is 0 Å². The minimum Gasteiger partial charge on any atom is -0.378 e. The smallest absolute Gasteiger partial charge is 0.255 e. The Balaban J connectivity index is 1.82. The van der Waals surface area contributed by atoms with E-state index in [1.807, 2.05) is 32.9 Å². The molecule has 1 fully saturated rings. The van der Waals surface area contributed by atoms with Gasteiger partial charge in [0.2, 0.25) is 10.0 Å². The highest BCUT2D eigenvalue weighted by atomic mass is 32.2. The number of rotatable bonds is 4. The number of hydrogen-bond donors (Lipinski definition) is 1. The molecule has 27 heavy (non-hydrogen) atoms. The Morgan fingerprint density at radius 3 is 2.63 bits per heavy atom. The molecule has 0 radical (unpaired) electrons. The first-order valence-electron chi connectivity index (χ1n) is 8.87. The number of benzene rings is 2. The number of aryl methyl sites for hydroxylation is 2. The van der Waals surface area contributed by atoms with Gasteiger partial charge in [0, 0.05) is 23.8 Å². The Labute approximate surface area is 160 Å². The summed E-state index contributed by atoms with van der Waals surface area (Å²) < 4.78 is 32.7. The van der Waals surface area contributed by atoms with Gasteiger partial charge in [-0.05, 0) is 62.2 Å². The van der Waals surface area contributed by atoms with Gasteiger partial charge < -0.3 is 10.1 Å². The van der Waals surface area contributed by atoms with Crippen LogP contribution in [0.3, 0.4) is 0 Å². The average molecular weight is 388 g/mol. The van der Waals surface area contributed by atoms with Crippen molar-refractivity contribution in [3.8, 4) is 0 Å². The van der Waals surface area contributed by atoms with E-state index in [1.54, 1.807) is 24.3 Å². The lowest BCUT2D eigenvalue weighted by atomic mass is 10.1. The quantitative estimate of drug-likeness (QED) is 0.874. The van der Waals surface area contributed by atoms with Crippen molar-refractivity contribution < 1.29 is 17.9 Å². The van der Waals surface area contributed by atoms with Crippen LogP contribution in [0.2, 0.25) is 0 Å². The lowest BCUT2D eigenvalue weighted by molar-refractivity contribution is 0.0393. The maximum absolute atomic E-state index is 12.9. The number of carbonyl (C=O) groups excluding carboxylic acids is 1. The molecule has 1 aliphatic heterocycles. The Morgan fingerprint density at radius 2 is 1.93 bits per heavy atom. The van der Waals surface area contributed by atoms with Gasteiger partial charge in [-0.3, -0.25) is 4.79 Å². The molecule has 0 bridgehead atoms. The van der Waals surface area contributed by atoms with Crippen LogP contribution in [0.5, 0.6) is 0 Å². The summed E-state index contributed by atoms with van der Waals surface area (Å²) in [5.74, 6) is -0.271. The SMILES string of the molecule is Cc1ccc(C(=O)Nc2cccc(S(=O)(=O)N3CCOCC3C)c2)cc1C. The van der Waals surface area contributed by atoms with Crippen molar-refractivity contribution in [3.05, 3.63) is 59.2 Å². The molecule has 1 heterocycles. The van der Waals surface area contributed by atoms with Crippen molar-refractivity contribution in [2.75, 3.05) is 25.1 Å². The van der Waals surface area contributed by atoms with Crippen LogP contribution < -0.4 is 5.32 Å². The zero-order valence-corrected chi connectivity index (χ0v) is 16.5. The highest BCUT2D eigenvalue weighted by Gasteiger charge is 2.31. The van der Waals surface area contributed by atoms with Crippen LogP contribution in [0.4, 0.5) is 5.69 Å². The maximum atomic E-state index is 12.9. The number of hydrogen-bond acceptors (Lipinski definition) is 4. The molecule has 144 valence electrons. The van der Waals surface area contributed by atoms with Crippen LogP contribution in [0.15, 0.2) is 47.4 Å². The standard InChI is InChI=1S/C20H24N2O4S/c1-14-7-8-17(11-15(14)2)20(23)21-18-5-4-6-19(12-18)27(24,25)22-9-10-26-13-16(22)3/h4-8,11-12,16H,9-10,13H2,1-3H3,(H,21,23). The fourth-order valence-corrected chi connectivity index (χ4v) is 4.67. The van der Waals surface area contributed by atoms with E-state index in [1.165, 1.54) is 10.4 Å². The summed E-state index contributed by atoms with van der Waals surface area (Å²) in [5.41, 5.74) is 3.12. The van der Waals surface area contributed by atoms with Crippen molar-refractivity contribution in [1.29, 1.82) is 0 Å². The molecule has 0 saturated carbocycles. The van der Waals surface area contributed by atoms with Crippen molar-refractivity contribution in [3.63, 3.8) is 0 Å². The van der Waals surface area contributed by atoms with Crippen molar-refractivity contribution in [2.45, 2.75) is 31.7 Å². The summed E-state index contributed by atoms with van der Waals surface area (Å²) in [6.45, 7) is 6.83. The molecule has 6 nitrogen and oxygen atoms in total. The highest BCUT2D eigenvalue weighted by Crippen LogP contribution is 2.23. The molecule has 1 amide bonds. The van der Waals surface area contributed by atoms with Gasteiger partial charge in [-0.15, -0.1) is 0 Å². The summed E-state index contributed by atoms with van der Waals surface area (Å²) in [5, 5.41) is 2.78. The van der Waals surface area contributed by atoms with Crippen molar-refractivity contribution in [1.82, 2.24) is 4.31 Å². The van der Waals surface area contributed by atoms with E-state index in [2.05, 4.69) is 5.32 Å². The molecule has 2 aromatic carbocycles. The van der Waals surface area contributed by atoms with Crippen LogP contribution in [0.1, 0.15) is 28.4 Å². The van der Waals surface area contributed by atoms with Gasteiger partial charge in [-0.2, -0.15) is 4.31 Å². The topological polar surface area (TPSA) is 75.7 Å². The van der Waals surface area contributed by atoms with E-state index in [-0.39, 0.29) is 16.8 Å². The molecule has 0 aromatic heterocycles. The van der Waals surface area contributed by atoms with E-state index in [0.29, 0.717) is 31.0 Å². The van der Waals surface area contributed by atoms with Crippen LogP contribution in [-0.4, -0.2) is 44.4 Å². The zero-order valence-electron chi connectivity index (χ0n) is 15.7. The Kier molecular flexibility index (Phi) is 5.64. The van der Waals surface area contributed by atoms with Crippen LogP contribution in [-0.2, 0) is 14.8 Å². The second kappa shape index (κ2) is 7.80. The third-order valence-electron chi connectivity index (χ3n) is 4.77. The minimum atomic E-state index is -3.64. The molecule has 1 aliphatic rings. The number of morpholine rings is 1. The maximum Gasteiger partial charge on any atom is 0.255 e. The van der Waals surface area contributed by atoms with Gasteiger partial charge in [0.1, 0.15) is 0 Å². The van der Waals surface area contributed by atoms with Gasteiger partial charge in [0.15, 0.2) is 0 Å². The first-order valence-corrected chi connectivity index (χ1v) is 10.3. The molecular weight excluding hydrogens is 364 g/mol. The Morgan fingerprint density at radius 1 is 1.15 bits per heavy atom. The van der Waals surface area contributed by atoms with Crippen LogP contribution in [0, 0.1) is 13.8 Å². The van der Waals surface area contributed by atoms with Crippen LogP contribution in [0.25, 0.3) is 0 Å². The molecule has 7 heteroatoms. The van der Waals surface area contributed by atoms with Gasteiger partial charge in [0.05, 0.1) is 18.1 Å². The Bertz CT molecular complexity index is 956. The van der Waals surface area contributed by atoms with E-state index in [9.17, 15) is 13.2 Å². The summed E-state index contributed by atoms with van der Waals surface area (Å²) in [4.78, 5) is 12.7. The predicted octanol–water partition coefficient (Wildman–Crippen LogP) is 2.97. The second-order valence-electron chi connectivity index (χ2n) is 6.82. The molecule has 1 unspecified atom stereocenters. The van der Waals surface area contributed by atoms with Gasteiger partial charge in [0.25, 0.3) is 5.91 Å². The molecule has 1 atom stereocenters. The fourth-order valence-electron chi connectivity index (χ4n) is 3.02. The van der Waals surface area contributed by atoms with Gasteiger partial charge in [-0.1, -0.05) is 12.1 Å². The lowest BCUT2D eigenvalue weighted by Crippen LogP contribution is -2.46. The van der Waals surface area contributed by atoms with Crippen molar-refractivity contribution >= 4 is 21.6 Å². The first-order chi connectivity index (χ1) is 12.8. The zero-order chi connectivity index (χ0) is 19.6. The molecule has 1 N–H and O–H groups in total. The molecular formula is C20H24N2O4S. The number of amides is 1. The molecule has 2 aromatic rings. The van der Waals surface area contributed by atoms with Gasteiger partial charge >= 0.3 is 0 Å². The fraction of sp³-hybridized carbons (Fsp3) is 0.350. The molecule has 0 aliphatic carbocycles. The number of nitrogens with one attached hydrogen (secondary N) is 1. The van der Waals surface area contributed by atoms with Crippen LogP contribution >= 0.6 is 0 Å². The highest BCUT2D eigenvalue weighted by molar-refractivity contribution is 7.89.